The van der Waals surface area contributed by atoms with Gasteiger partial charge in [0.2, 0.25) is 0 Å². The molecule has 0 heterocycles. The van der Waals surface area contributed by atoms with E-state index in [2.05, 4.69) is 57.3 Å². The van der Waals surface area contributed by atoms with Crippen molar-refractivity contribution >= 4 is 5.69 Å². The SMILES string of the molecule is CCc1ccccc1NC(CC)CC(C)CC. The summed E-state index contributed by atoms with van der Waals surface area (Å²) in [6.07, 6.45) is 4.84. The van der Waals surface area contributed by atoms with Gasteiger partial charge in [0.25, 0.3) is 0 Å². The maximum absolute atomic E-state index is 3.71. The minimum atomic E-state index is 0.609. The van der Waals surface area contributed by atoms with Gasteiger partial charge in [0, 0.05) is 11.7 Å². The van der Waals surface area contributed by atoms with E-state index in [0.29, 0.717) is 6.04 Å². The molecule has 1 N–H and O–H groups in total. The zero-order valence-corrected chi connectivity index (χ0v) is 11.8. The predicted octanol–water partition coefficient (Wildman–Crippen LogP) is 4.88. The molecule has 0 fully saturated rings. The van der Waals surface area contributed by atoms with Crippen molar-refractivity contribution in [2.24, 2.45) is 5.92 Å². The Morgan fingerprint density at radius 2 is 1.76 bits per heavy atom. The summed E-state index contributed by atoms with van der Waals surface area (Å²) in [5.74, 6) is 0.807. The predicted molar refractivity (Wildman–Crippen MR) is 77.6 cm³/mol. The molecule has 0 aliphatic carbocycles. The summed E-state index contributed by atoms with van der Waals surface area (Å²) in [6.45, 7) is 9.11. The lowest BCUT2D eigenvalue weighted by Crippen LogP contribution is -2.21. The molecule has 17 heavy (non-hydrogen) atoms. The number of anilines is 1. The van der Waals surface area contributed by atoms with Gasteiger partial charge in [-0.15, -0.1) is 0 Å². The standard InChI is InChI=1S/C16H27N/c1-5-13(4)12-15(7-3)17-16-11-9-8-10-14(16)6-2/h8-11,13,15,17H,5-7,12H2,1-4H3. The van der Waals surface area contributed by atoms with Crippen LogP contribution >= 0.6 is 0 Å². The Hall–Kier alpha value is -0.980. The minimum Gasteiger partial charge on any atom is -0.382 e. The van der Waals surface area contributed by atoms with Gasteiger partial charge in [0.1, 0.15) is 0 Å². The molecule has 2 atom stereocenters. The third-order valence-electron chi connectivity index (χ3n) is 3.63. The highest BCUT2D eigenvalue weighted by atomic mass is 14.9. The first-order valence-electron chi connectivity index (χ1n) is 7.05. The van der Waals surface area contributed by atoms with E-state index in [0.717, 1.165) is 12.3 Å². The van der Waals surface area contributed by atoms with Gasteiger partial charge in [-0.3, -0.25) is 0 Å². The molecule has 1 aromatic carbocycles. The van der Waals surface area contributed by atoms with E-state index < -0.39 is 0 Å². The van der Waals surface area contributed by atoms with E-state index in [4.69, 9.17) is 0 Å². The number of aryl methyl sites for hydroxylation is 1. The van der Waals surface area contributed by atoms with Crippen LogP contribution in [0.3, 0.4) is 0 Å². The molecule has 0 bridgehead atoms. The van der Waals surface area contributed by atoms with Gasteiger partial charge < -0.3 is 5.32 Å². The maximum atomic E-state index is 3.71. The van der Waals surface area contributed by atoms with Crippen molar-refractivity contribution in [2.45, 2.75) is 59.4 Å². The number of hydrogen-bond acceptors (Lipinski definition) is 1. The fraction of sp³-hybridized carbons (Fsp3) is 0.625. The lowest BCUT2D eigenvalue weighted by atomic mass is 9.97. The van der Waals surface area contributed by atoms with Crippen molar-refractivity contribution in [1.29, 1.82) is 0 Å². The van der Waals surface area contributed by atoms with E-state index >= 15 is 0 Å². The summed E-state index contributed by atoms with van der Waals surface area (Å²) in [5, 5.41) is 3.71. The van der Waals surface area contributed by atoms with E-state index in [1.165, 1.54) is 30.5 Å². The largest absolute Gasteiger partial charge is 0.382 e. The normalized spacial score (nSPS) is 14.4. The third kappa shape index (κ3) is 4.41. The first kappa shape index (κ1) is 14.1. The maximum Gasteiger partial charge on any atom is 0.0374 e. The van der Waals surface area contributed by atoms with Crippen LogP contribution in [0.15, 0.2) is 24.3 Å². The zero-order chi connectivity index (χ0) is 12.7. The van der Waals surface area contributed by atoms with Gasteiger partial charge in [0.05, 0.1) is 0 Å². The summed E-state index contributed by atoms with van der Waals surface area (Å²) in [6, 6.07) is 9.28. The minimum absolute atomic E-state index is 0.609. The van der Waals surface area contributed by atoms with Crippen LogP contribution in [0.2, 0.25) is 0 Å². The van der Waals surface area contributed by atoms with E-state index in [-0.39, 0.29) is 0 Å². The zero-order valence-electron chi connectivity index (χ0n) is 11.8. The highest BCUT2D eigenvalue weighted by Gasteiger charge is 2.11. The first-order valence-corrected chi connectivity index (χ1v) is 7.05. The molecule has 1 rings (SSSR count). The van der Waals surface area contributed by atoms with Crippen LogP contribution in [0.1, 0.15) is 52.5 Å². The van der Waals surface area contributed by atoms with E-state index in [9.17, 15) is 0 Å². The number of benzene rings is 1. The molecule has 2 unspecified atom stereocenters. The molecule has 0 spiro atoms. The summed E-state index contributed by atoms with van der Waals surface area (Å²) >= 11 is 0. The molecule has 0 aliphatic rings. The molecule has 0 amide bonds. The smallest absolute Gasteiger partial charge is 0.0374 e. The average Bonchev–Trinajstić information content (AvgIpc) is 2.38. The number of hydrogen-bond donors (Lipinski definition) is 1. The summed E-state index contributed by atoms with van der Waals surface area (Å²) in [7, 11) is 0. The molecule has 1 aromatic rings. The van der Waals surface area contributed by atoms with Crippen LogP contribution in [0, 0.1) is 5.92 Å². The Bertz CT molecular complexity index is 319. The Morgan fingerprint density at radius 1 is 1.06 bits per heavy atom. The number of rotatable bonds is 7. The van der Waals surface area contributed by atoms with Crippen molar-refractivity contribution in [3.05, 3.63) is 29.8 Å². The molecule has 0 aliphatic heterocycles. The number of para-hydroxylation sites is 1. The summed E-state index contributed by atoms with van der Waals surface area (Å²) in [5.41, 5.74) is 2.75. The van der Waals surface area contributed by atoms with Gasteiger partial charge in [-0.05, 0) is 36.8 Å². The van der Waals surface area contributed by atoms with E-state index in [1.54, 1.807) is 0 Å². The molecule has 0 aromatic heterocycles. The highest BCUT2D eigenvalue weighted by molar-refractivity contribution is 5.51. The lowest BCUT2D eigenvalue weighted by molar-refractivity contribution is 0.461. The lowest BCUT2D eigenvalue weighted by Gasteiger charge is -2.23. The van der Waals surface area contributed by atoms with Crippen LogP contribution in [0.4, 0.5) is 5.69 Å². The molecular weight excluding hydrogens is 206 g/mol. The Labute approximate surface area is 107 Å². The van der Waals surface area contributed by atoms with Crippen LogP contribution in [-0.4, -0.2) is 6.04 Å². The highest BCUT2D eigenvalue weighted by Crippen LogP contribution is 2.20. The van der Waals surface area contributed by atoms with Crippen LogP contribution in [0.5, 0.6) is 0 Å². The van der Waals surface area contributed by atoms with Crippen molar-refractivity contribution in [1.82, 2.24) is 0 Å². The third-order valence-corrected chi connectivity index (χ3v) is 3.63. The average molecular weight is 233 g/mol. The van der Waals surface area contributed by atoms with Gasteiger partial charge in [-0.2, -0.15) is 0 Å². The second-order valence-electron chi connectivity index (χ2n) is 5.01. The molecule has 0 radical (unpaired) electrons. The fourth-order valence-corrected chi connectivity index (χ4v) is 2.17. The Kier molecular flexibility index (Phi) is 6.10. The van der Waals surface area contributed by atoms with Crippen molar-refractivity contribution < 1.29 is 0 Å². The van der Waals surface area contributed by atoms with Crippen molar-refractivity contribution in [3.8, 4) is 0 Å². The van der Waals surface area contributed by atoms with Crippen molar-refractivity contribution in [3.63, 3.8) is 0 Å². The second kappa shape index (κ2) is 7.37. The molecular formula is C16H27N. The van der Waals surface area contributed by atoms with Gasteiger partial charge in [-0.1, -0.05) is 52.3 Å². The molecule has 96 valence electrons. The van der Waals surface area contributed by atoms with Gasteiger partial charge in [-0.25, -0.2) is 0 Å². The first-order chi connectivity index (χ1) is 8.21. The Balaban J connectivity index is 2.66. The number of nitrogens with one attached hydrogen (secondary N) is 1. The quantitative estimate of drug-likeness (QED) is 0.708. The van der Waals surface area contributed by atoms with Crippen LogP contribution in [-0.2, 0) is 6.42 Å². The van der Waals surface area contributed by atoms with Gasteiger partial charge in [0.15, 0.2) is 0 Å². The van der Waals surface area contributed by atoms with Crippen LogP contribution < -0.4 is 5.32 Å². The summed E-state index contributed by atoms with van der Waals surface area (Å²) < 4.78 is 0. The fourth-order valence-electron chi connectivity index (χ4n) is 2.17. The summed E-state index contributed by atoms with van der Waals surface area (Å²) in [4.78, 5) is 0. The molecule has 0 saturated heterocycles. The molecule has 1 heteroatoms. The molecule has 1 nitrogen and oxygen atoms in total. The van der Waals surface area contributed by atoms with Gasteiger partial charge >= 0.3 is 0 Å². The monoisotopic (exact) mass is 233 g/mol. The topological polar surface area (TPSA) is 12.0 Å². The van der Waals surface area contributed by atoms with E-state index in [1.807, 2.05) is 0 Å². The van der Waals surface area contributed by atoms with Crippen LogP contribution in [0.25, 0.3) is 0 Å². The molecule has 0 saturated carbocycles. The van der Waals surface area contributed by atoms with Crippen molar-refractivity contribution in [2.75, 3.05) is 5.32 Å². The second-order valence-corrected chi connectivity index (χ2v) is 5.01. The Morgan fingerprint density at radius 3 is 2.35 bits per heavy atom.